The van der Waals surface area contributed by atoms with Gasteiger partial charge < -0.3 is 10.7 Å². The number of aromatic nitrogens is 5. The Morgan fingerprint density at radius 2 is 2.10 bits per heavy atom. The van der Waals surface area contributed by atoms with Crippen molar-refractivity contribution >= 4 is 11.0 Å². The van der Waals surface area contributed by atoms with Gasteiger partial charge in [-0.15, -0.1) is 0 Å². The van der Waals surface area contributed by atoms with Crippen molar-refractivity contribution in [1.82, 2.24) is 29.6 Å². The first kappa shape index (κ1) is 19.0. The number of rotatable bonds is 6. The van der Waals surface area contributed by atoms with Crippen LogP contribution in [0.25, 0.3) is 11.0 Å². The summed E-state index contributed by atoms with van der Waals surface area (Å²) in [6.07, 6.45) is 7.33. The van der Waals surface area contributed by atoms with E-state index in [4.69, 9.17) is 15.7 Å². The van der Waals surface area contributed by atoms with E-state index in [0.717, 1.165) is 48.4 Å². The molecule has 7 heteroatoms. The number of benzene rings is 1. The van der Waals surface area contributed by atoms with Gasteiger partial charge in [-0.3, -0.25) is 14.6 Å². The quantitative estimate of drug-likeness (QED) is 0.518. The first-order chi connectivity index (χ1) is 14.7. The molecule has 1 aliphatic carbocycles. The van der Waals surface area contributed by atoms with Gasteiger partial charge in [-0.25, -0.2) is 4.98 Å². The van der Waals surface area contributed by atoms with Crippen LogP contribution in [-0.2, 0) is 33.1 Å². The summed E-state index contributed by atoms with van der Waals surface area (Å²) in [6.45, 7) is 1.92. The van der Waals surface area contributed by atoms with E-state index in [-0.39, 0.29) is 6.04 Å². The minimum Gasteiger partial charge on any atom is -0.341 e. The molecule has 3 N–H and O–H groups in total. The summed E-state index contributed by atoms with van der Waals surface area (Å²) >= 11 is 0. The van der Waals surface area contributed by atoms with Crippen LogP contribution in [0, 0.1) is 0 Å². The lowest BCUT2D eigenvalue weighted by atomic mass is 9.90. The van der Waals surface area contributed by atoms with Gasteiger partial charge >= 0.3 is 0 Å². The van der Waals surface area contributed by atoms with Crippen LogP contribution in [0.3, 0.4) is 0 Å². The number of H-pyrrole nitrogens is 1. The Balaban J connectivity index is 1.52. The maximum Gasteiger partial charge on any atom is 0.121 e. The number of para-hydroxylation sites is 2. The topological polar surface area (TPSA) is 88.7 Å². The highest BCUT2D eigenvalue weighted by Gasteiger charge is 2.29. The molecule has 0 fully saturated rings. The molecule has 1 aromatic carbocycles. The zero-order chi connectivity index (χ0) is 20.5. The van der Waals surface area contributed by atoms with Gasteiger partial charge in [0, 0.05) is 38.1 Å². The molecule has 0 aliphatic heterocycles. The normalized spacial score (nSPS) is 16.3. The smallest absolute Gasteiger partial charge is 0.121 e. The Kier molecular flexibility index (Phi) is 5.06. The molecule has 4 aromatic rings. The van der Waals surface area contributed by atoms with Crippen molar-refractivity contribution in [3.05, 3.63) is 77.1 Å². The summed E-state index contributed by atoms with van der Waals surface area (Å²) in [5, 5.41) is 4.54. The van der Waals surface area contributed by atoms with Crippen molar-refractivity contribution in [2.75, 3.05) is 0 Å². The molecule has 5 rings (SSSR count). The Morgan fingerprint density at radius 1 is 1.20 bits per heavy atom. The highest BCUT2D eigenvalue weighted by molar-refractivity contribution is 5.74. The molecule has 3 heterocycles. The van der Waals surface area contributed by atoms with Gasteiger partial charge in [0.15, 0.2) is 0 Å². The molecule has 30 heavy (non-hydrogen) atoms. The highest BCUT2D eigenvalue weighted by Crippen LogP contribution is 2.35. The molecular formula is C23H27N7. The van der Waals surface area contributed by atoms with Crippen molar-refractivity contribution in [2.45, 2.75) is 44.9 Å². The fraction of sp³-hybridized carbons (Fsp3) is 0.348. The van der Waals surface area contributed by atoms with E-state index in [1.807, 2.05) is 42.2 Å². The Hall–Kier alpha value is -3.03. The highest BCUT2D eigenvalue weighted by atomic mass is 15.3. The Bertz CT molecular complexity index is 1130. The molecular weight excluding hydrogens is 374 g/mol. The van der Waals surface area contributed by atoms with Gasteiger partial charge in [-0.1, -0.05) is 18.2 Å². The molecule has 0 spiro atoms. The molecule has 1 aliphatic rings. The van der Waals surface area contributed by atoms with Gasteiger partial charge in [0.1, 0.15) is 5.82 Å². The molecule has 0 saturated heterocycles. The number of nitrogens with one attached hydrogen (secondary N) is 1. The Morgan fingerprint density at radius 3 is 2.97 bits per heavy atom. The van der Waals surface area contributed by atoms with Gasteiger partial charge in [-0.2, -0.15) is 5.10 Å². The fourth-order valence-corrected chi connectivity index (χ4v) is 4.60. The number of pyridine rings is 1. The minimum absolute atomic E-state index is 0.244. The van der Waals surface area contributed by atoms with Crippen molar-refractivity contribution in [2.24, 2.45) is 12.8 Å². The average Bonchev–Trinajstić information content (AvgIpc) is 3.34. The molecule has 0 saturated carbocycles. The van der Waals surface area contributed by atoms with E-state index in [1.165, 1.54) is 16.8 Å². The third kappa shape index (κ3) is 3.62. The minimum atomic E-state index is 0.244. The molecule has 1 unspecified atom stereocenters. The van der Waals surface area contributed by atoms with Gasteiger partial charge in [0.25, 0.3) is 0 Å². The SMILES string of the molecule is Cn1cc(CN(Cc2nc3ccccc3[nH]2)C2CCCc3cccnc32)c(CN)n1. The summed E-state index contributed by atoms with van der Waals surface area (Å²) < 4.78 is 1.85. The summed E-state index contributed by atoms with van der Waals surface area (Å²) in [5.74, 6) is 0.970. The second-order valence-electron chi connectivity index (χ2n) is 8.04. The summed E-state index contributed by atoms with van der Waals surface area (Å²) in [7, 11) is 1.95. The van der Waals surface area contributed by atoms with Crippen LogP contribution in [-0.4, -0.2) is 29.6 Å². The van der Waals surface area contributed by atoms with Crippen LogP contribution in [0.15, 0.2) is 48.8 Å². The van der Waals surface area contributed by atoms with Gasteiger partial charge in [0.2, 0.25) is 0 Å². The monoisotopic (exact) mass is 401 g/mol. The third-order valence-electron chi connectivity index (χ3n) is 5.96. The number of fused-ring (bicyclic) bond motifs is 2. The summed E-state index contributed by atoms with van der Waals surface area (Å²) in [6, 6.07) is 12.7. The predicted octanol–water partition coefficient (Wildman–Crippen LogP) is 3.23. The first-order valence-electron chi connectivity index (χ1n) is 10.5. The number of hydrogen-bond donors (Lipinski definition) is 2. The van der Waals surface area contributed by atoms with E-state index in [9.17, 15) is 0 Å². The van der Waals surface area contributed by atoms with Crippen molar-refractivity contribution in [3.8, 4) is 0 Å². The largest absolute Gasteiger partial charge is 0.341 e. The fourth-order valence-electron chi connectivity index (χ4n) is 4.60. The molecule has 0 amide bonds. The van der Waals surface area contributed by atoms with Crippen LogP contribution in [0.4, 0.5) is 0 Å². The van der Waals surface area contributed by atoms with Crippen LogP contribution in [0.2, 0.25) is 0 Å². The van der Waals surface area contributed by atoms with Crippen LogP contribution >= 0.6 is 0 Å². The number of aromatic amines is 1. The van der Waals surface area contributed by atoms with E-state index in [2.05, 4.69) is 33.3 Å². The van der Waals surface area contributed by atoms with E-state index in [0.29, 0.717) is 13.1 Å². The first-order valence-corrected chi connectivity index (χ1v) is 10.5. The van der Waals surface area contributed by atoms with E-state index < -0.39 is 0 Å². The van der Waals surface area contributed by atoms with Gasteiger partial charge in [0.05, 0.1) is 35.0 Å². The maximum absolute atomic E-state index is 5.97. The van der Waals surface area contributed by atoms with Gasteiger partial charge in [-0.05, 0) is 43.0 Å². The number of hydrogen-bond acceptors (Lipinski definition) is 5. The number of aryl methyl sites for hydroxylation is 2. The zero-order valence-corrected chi connectivity index (χ0v) is 17.3. The molecule has 154 valence electrons. The molecule has 1 atom stereocenters. The van der Waals surface area contributed by atoms with Crippen LogP contribution < -0.4 is 5.73 Å². The lowest BCUT2D eigenvalue weighted by Gasteiger charge is -2.34. The van der Waals surface area contributed by atoms with Crippen molar-refractivity contribution < 1.29 is 0 Å². The zero-order valence-electron chi connectivity index (χ0n) is 17.3. The molecule has 0 bridgehead atoms. The van der Waals surface area contributed by atoms with E-state index in [1.54, 1.807) is 0 Å². The second kappa shape index (κ2) is 8.01. The summed E-state index contributed by atoms with van der Waals surface area (Å²) in [5.41, 5.74) is 12.7. The predicted molar refractivity (Wildman–Crippen MR) is 116 cm³/mol. The summed E-state index contributed by atoms with van der Waals surface area (Å²) in [4.78, 5) is 15.6. The third-order valence-corrected chi connectivity index (χ3v) is 5.96. The molecule has 0 radical (unpaired) electrons. The average molecular weight is 402 g/mol. The number of nitrogens with two attached hydrogens (primary N) is 1. The maximum atomic E-state index is 5.97. The Labute approximate surface area is 175 Å². The van der Waals surface area contributed by atoms with Crippen molar-refractivity contribution in [1.29, 1.82) is 0 Å². The number of nitrogens with zero attached hydrogens (tertiary/aromatic N) is 5. The van der Waals surface area contributed by atoms with Crippen LogP contribution in [0.1, 0.15) is 47.2 Å². The lowest BCUT2D eigenvalue weighted by Crippen LogP contribution is -2.32. The number of imidazole rings is 1. The van der Waals surface area contributed by atoms with Crippen LogP contribution in [0.5, 0.6) is 0 Å². The molecule has 3 aromatic heterocycles. The molecule has 7 nitrogen and oxygen atoms in total. The van der Waals surface area contributed by atoms with Crippen molar-refractivity contribution in [3.63, 3.8) is 0 Å². The standard InChI is InChI=1S/C23H27N7/c1-29-13-17(20(12-24)28-29)14-30(15-22-26-18-8-2-3-9-19(18)27-22)21-10-4-6-16-7-5-11-25-23(16)21/h2-3,5,7-9,11,13,21H,4,6,10,12,14-15,24H2,1H3,(H,26,27). The lowest BCUT2D eigenvalue weighted by molar-refractivity contribution is 0.153. The van der Waals surface area contributed by atoms with E-state index >= 15 is 0 Å². The second-order valence-corrected chi connectivity index (χ2v) is 8.04.